The van der Waals surface area contributed by atoms with E-state index in [-0.39, 0.29) is 0 Å². The lowest BCUT2D eigenvalue weighted by Gasteiger charge is -2.00. The number of halogens is 1. The van der Waals surface area contributed by atoms with Crippen LogP contribution in [0.2, 0.25) is 5.02 Å². The van der Waals surface area contributed by atoms with Crippen LogP contribution in [0, 0.1) is 0 Å². The van der Waals surface area contributed by atoms with Crippen molar-refractivity contribution in [3.05, 3.63) is 81.2 Å². The van der Waals surface area contributed by atoms with Gasteiger partial charge in [0, 0.05) is 11.5 Å². The summed E-state index contributed by atoms with van der Waals surface area (Å²) in [7, 11) is 0. The van der Waals surface area contributed by atoms with Crippen molar-refractivity contribution in [3.8, 4) is 0 Å². The smallest absolute Gasteiger partial charge is 0.337 e. The third-order valence-electron chi connectivity index (χ3n) is 2.98. The molecule has 20 heavy (non-hydrogen) atoms. The highest BCUT2D eigenvalue weighted by Gasteiger charge is 2.03. The van der Waals surface area contributed by atoms with Gasteiger partial charge in [-0.3, -0.25) is 0 Å². The maximum absolute atomic E-state index is 11.2. The number of rotatable bonds is 2. The molecule has 0 spiro atoms. The molecule has 0 saturated carbocycles. The lowest BCUT2D eigenvalue weighted by molar-refractivity contribution is 0.561. The van der Waals surface area contributed by atoms with Crippen LogP contribution in [0.1, 0.15) is 11.1 Å². The molecule has 3 aromatic rings. The Hall–Kier alpha value is -2.32. The zero-order chi connectivity index (χ0) is 13.9. The molecule has 0 radical (unpaired) electrons. The Bertz CT molecular complexity index is 832. The fourth-order valence-electron chi connectivity index (χ4n) is 2.00. The third-order valence-corrected chi connectivity index (χ3v) is 3.30. The first-order valence-electron chi connectivity index (χ1n) is 6.19. The van der Waals surface area contributed by atoms with E-state index in [1.165, 1.54) is 6.07 Å². The molecule has 0 aliphatic carbocycles. The van der Waals surface area contributed by atoms with Crippen LogP contribution in [0.4, 0.5) is 0 Å². The van der Waals surface area contributed by atoms with Gasteiger partial charge in [0.15, 0.2) is 0 Å². The van der Waals surface area contributed by atoms with Gasteiger partial charge in [0.1, 0.15) is 5.58 Å². The van der Waals surface area contributed by atoms with Crippen molar-refractivity contribution in [2.75, 3.05) is 0 Å². The van der Waals surface area contributed by atoms with E-state index in [0.29, 0.717) is 10.6 Å². The van der Waals surface area contributed by atoms with E-state index in [2.05, 4.69) is 0 Å². The maximum atomic E-state index is 11.2. The van der Waals surface area contributed by atoms with Crippen molar-refractivity contribution >= 4 is 34.7 Å². The normalized spacial score (nSPS) is 11.2. The molecule has 0 aliphatic rings. The first-order valence-corrected chi connectivity index (χ1v) is 6.57. The fourth-order valence-corrected chi connectivity index (χ4v) is 2.24. The minimum atomic E-state index is -0.435. The standard InChI is InChI=1S/C17H11ClO2/c18-15-11-17(19)20-16-9-8-13(10-14(15)16)7-6-12-4-2-1-3-5-12/h1-11H/b7-6+. The molecule has 0 amide bonds. The van der Waals surface area contributed by atoms with E-state index in [0.717, 1.165) is 16.5 Å². The van der Waals surface area contributed by atoms with Crippen molar-refractivity contribution in [1.82, 2.24) is 0 Å². The Morgan fingerprint density at radius 3 is 2.45 bits per heavy atom. The van der Waals surface area contributed by atoms with E-state index in [1.54, 1.807) is 6.07 Å². The second-order valence-electron chi connectivity index (χ2n) is 4.41. The lowest BCUT2D eigenvalue weighted by atomic mass is 10.1. The Labute approximate surface area is 120 Å². The summed E-state index contributed by atoms with van der Waals surface area (Å²) in [5, 5.41) is 1.15. The molecule has 0 unspecified atom stereocenters. The third kappa shape index (κ3) is 2.65. The Morgan fingerprint density at radius 2 is 1.65 bits per heavy atom. The summed E-state index contributed by atoms with van der Waals surface area (Å²) in [6.07, 6.45) is 4.02. The van der Waals surface area contributed by atoms with Crippen molar-refractivity contribution < 1.29 is 4.42 Å². The molecule has 2 nitrogen and oxygen atoms in total. The number of fused-ring (bicyclic) bond motifs is 1. The zero-order valence-electron chi connectivity index (χ0n) is 10.5. The van der Waals surface area contributed by atoms with Crippen molar-refractivity contribution in [1.29, 1.82) is 0 Å². The monoisotopic (exact) mass is 282 g/mol. The first-order chi connectivity index (χ1) is 9.72. The van der Waals surface area contributed by atoms with Gasteiger partial charge in [0.25, 0.3) is 0 Å². The lowest BCUT2D eigenvalue weighted by Crippen LogP contribution is -1.95. The summed E-state index contributed by atoms with van der Waals surface area (Å²) in [6.45, 7) is 0. The Balaban J connectivity index is 2.01. The molecule has 2 aromatic carbocycles. The van der Waals surface area contributed by atoms with Crippen LogP contribution in [0.25, 0.3) is 23.1 Å². The van der Waals surface area contributed by atoms with E-state index in [1.807, 2.05) is 54.6 Å². The largest absolute Gasteiger partial charge is 0.423 e. The highest BCUT2D eigenvalue weighted by Crippen LogP contribution is 2.23. The number of benzene rings is 2. The van der Waals surface area contributed by atoms with Crippen LogP contribution in [0.3, 0.4) is 0 Å². The highest BCUT2D eigenvalue weighted by molar-refractivity contribution is 6.35. The molecule has 0 N–H and O–H groups in total. The van der Waals surface area contributed by atoms with Gasteiger partial charge < -0.3 is 4.42 Å². The molecule has 3 rings (SSSR count). The minimum Gasteiger partial charge on any atom is -0.423 e. The van der Waals surface area contributed by atoms with Crippen molar-refractivity contribution in [2.24, 2.45) is 0 Å². The quantitative estimate of drug-likeness (QED) is 0.507. The van der Waals surface area contributed by atoms with Crippen LogP contribution in [0.15, 0.2) is 63.8 Å². The van der Waals surface area contributed by atoms with Crippen molar-refractivity contribution in [3.63, 3.8) is 0 Å². The van der Waals surface area contributed by atoms with Crippen LogP contribution < -0.4 is 5.63 Å². The van der Waals surface area contributed by atoms with Gasteiger partial charge >= 0.3 is 5.63 Å². The van der Waals surface area contributed by atoms with Gasteiger partial charge in [0.05, 0.1) is 5.02 Å². The zero-order valence-corrected chi connectivity index (χ0v) is 11.3. The van der Waals surface area contributed by atoms with E-state index in [9.17, 15) is 4.79 Å². The fraction of sp³-hybridized carbons (Fsp3) is 0. The maximum Gasteiger partial charge on any atom is 0.337 e. The van der Waals surface area contributed by atoms with Crippen molar-refractivity contribution in [2.45, 2.75) is 0 Å². The highest BCUT2D eigenvalue weighted by atomic mass is 35.5. The van der Waals surface area contributed by atoms with E-state index < -0.39 is 5.63 Å². The molecule has 0 saturated heterocycles. The van der Waals surface area contributed by atoms with Crippen LogP contribution in [-0.4, -0.2) is 0 Å². The summed E-state index contributed by atoms with van der Waals surface area (Å²) in [5.74, 6) is 0. The SMILES string of the molecule is O=c1cc(Cl)c2cc(/C=C/c3ccccc3)ccc2o1. The van der Waals surface area contributed by atoms with Gasteiger partial charge in [-0.1, -0.05) is 60.2 Å². The number of hydrogen-bond donors (Lipinski definition) is 0. The van der Waals surface area contributed by atoms with Gasteiger partial charge in [-0.25, -0.2) is 4.79 Å². The topological polar surface area (TPSA) is 30.2 Å². The van der Waals surface area contributed by atoms with Gasteiger partial charge in [-0.2, -0.15) is 0 Å². The summed E-state index contributed by atoms with van der Waals surface area (Å²) < 4.78 is 5.10. The summed E-state index contributed by atoms with van der Waals surface area (Å²) >= 11 is 6.07. The molecule has 1 aromatic heterocycles. The average Bonchev–Trinajstić information content (AvgIpc) is 2.46. The van der Waals surface area contributed by atoms with Crippen LogP contribution in [0.5, 0.6) is 0 Å². The molecule has 0 atom stereocenters. The molecule has 1 heterocycles. The van der Waals surface area contributed by atoms with Crippen LogP contribution >= 0.6 is 11.6 Å². The summed E-state index contributed by atoms with van der Waals surface area (Å²) in [5.41, 5.74) is 2.19. The van der Waals surface area contributed by atoms with Gasteiger partial charge in [-0.15, -0.1) is 0 Å². The van der Waals surface area contributed by atoms with E-state index in [4.69, 9.17) is 16.0 Å². The Morgan fingerprint density at radius 1 is 0.900 bits per heavy atom. The minimum absolute atomic E-state index is 0.409. The van der Waals surface area contributed by atoms with E-state index >= 15 is 0 Å². The molecule has 0 bridgehead atoms. The Kier molecular flexibility index (Phi) is 3.40. The number of hydrogen-bond acceptors (Lipinski definition) is 2. The summed E-state index contributed by atoms with van der Waals surface area (Å²) in [6, 6.07) is 16.9. The predicted molar refractivity (Wildman–Crippen MR) is 82.9 cm³/mol. The first kappa shape index (κ1) is 12.7. The molecular weight excluding hydrogens is 272 g/mol. The average molecular weight is 283 g/mol. The second-order valence-corrected chi connectivity index (χ2v) is 4.82. The van der Waals surface area contributed by atoms with Gasteiger partial charge in [-0.05, 0) is 23.3 Å². The molecule has 0 aliphatic heterocycles. The predicted octanol–water partition coefficient (Wildman–Crippen LogP) is 4.62. The second kappa shape index (κ2) is 5.35. The summed E-state index contributed by atoms with van der Waals surface area (Å²) in [4.78, 5) is 11.2. The molecule has 3 heteroatoms. The van der Waals surface area contributed by atoms with Gasteiger partial charge in [0.2, 0.25) is 0 Å². The molecular formula is C17H11ClO2. The molecule has 98 valence electrons. The molecule has 0 fully saturated rings. The van der Waals surface area contributed by atoms with Crippen LogP contribution in [-0.2, 0) is 0 Å².